The number of carbonyl (C=O) groups is 2. The third kappa shape index (κ3) is 21.5. The zero-order chi connectivity index (χ0) is 42.9. The van der Waals surface area contributed by atoms with Crippen molar-refractivity contribution in [3.8, 4) is 0 Å². The number of benzene rings is 1. The molecule has 0 amide bonds. The molecule has 0 spiro atoms. The van der Waals surface area contributed by atoms with Crippen LogP contribution in [-0.4, -0.2) is 11.6 Å². The standard InChI is InChI=1S/C56H84O2/c1-42(2)22-14-23-43(3)24-15-25-44(4)26-16-27-45(5)28-17-29-46(6)30-18-31-47(7)32-19-33-48(8)34-20-35-49(9)36-21-37-50(10)40-41-52-51(11)55(57)53-38-12-13-39-54(53)56(52)58/h12-13,22,24,26,28,30,32,38-40,48-49H,14-21,23,25,27,29,31,33-37,41H2,1-11H3/b43-24+,44-26+,45-28+,46-30+,47-32+,50-40+. The summed E-state index contributed by atoms with van der Waals surface area (Å²) in [5, 5.41) is 0. The maximum atomic E-state index is 13.1. The average Bonchev–Trinajstić information content (AvgIpc) is 3.17. The second-order valence-electron chi connectivity index (χ2n) is 18.4. The van der Waals surface area contributed by atoms with Crippen LogP contribution in [0.5, 0.6) is 0 Å². The minimum atomic E-state index is -0.00895. The third-order valence-corrected chi connectivity index (χ3v) is 12.2. The fraction of sp³-hybridized carbons (Fsp3) is 0.571. The van der Waals surface area contributed by atoms with Gasteiger partial charge in [0.2, 0.25) is 0 Å². The van der Waals surface area contributed by atoms with E-state index < -0.39 is 0 Å². The summed E-state index contributed by atoms with van der Waals surface area (Å²) in [6.07, 6.45) is 38.9. The second-order valence-corrected chi connectivity index (χ2v) is 18.4. The highest BCUT2D eigenvalue weighted by atomic mass is 16.1. The summed E-state index contributed by atoms with van der Waals surface area (Å²) in [5.74, 6) is 1.52. The fourth-order valence-electron chi connectivity index (χ4n) is 7.91. The van der Waals surface area contributed by atoms with Gasteiger partial charge in [0.1, 0.15) is 0 Å². The number of hydrogen-bond donors (Lipinski definition) is 0. The lowest BCUT2D eigenvalue weighted by Gasteiger charge is -2.18. The first-order valence-electron chi connectivity index (χ1n) is 23.1. The molecule has 0 aromatic heterocycles. The molecule has 0 aliphatic heterocycles. The van der Waals surface area contributed by atoms with Gasteiger partial charge in [0, 0.05) is 22.3 Å². The Morgan fingerprint density at radius 3 is 1.31 bits per heavy atom. The molecule has 0 radical (unpaired) electrons. The van der Waals surface area contributed by atoms with Crippen LogP contribution < -0.4 is 0 Å². The lowest BCUT2D eigenvalue weighted by atomic mass is 9.83. The van der Waals surface area contributed by atoms with Gasteiger partial charge in [0.05, 0.1) is 0 Å². The highest BCUT2D eigenvalue weighted by molar-refractivity contribution is 6.26. The summed E-state index contributed by atoms with van der Waals surface area (Å²) < 4.78 is 0. The Morgan fingerprint density at radius 1 is 0.466 bits per heavy atom. The van der Waals surface area contributed by atoms with Gasteiger partial charge in [-0.3, -0.25) is 9.59 Å². The van der Waals surface area contributed by atoms with E-state index in [0.29, 0.717) is 28.7 Å². The zero-order valence-corrected chi connectivity index (χ0v) is 39.3. The van der Waals surface area contributed by atoms with Crippen LogP contribution in [0, 0.1) is 11.8 Å². The van der Waals surface area contributed by atoms with Crippen molar-refractivity contribution in [2.45, 2.75) is 198 Å². The molecule has 1 aromatic rings. The van der Waals surface area contributed by atoms with Crippen molar-refractivity contribution in [2.75, 3.05) is 0 Å². The predicted molar refractivity (Wildman–Crippen MR) is 256 cm³/mol. The van der Waals surface area contributed by atoms with Gasteiger partial charge in [-0.15, -0.1) is 0 Å². The Labute approximate surface area is 357 Å². The summed E-state index contributed by atoms with van der Waals surface area (Å²) >= 11 is 0. The Balaban J connectivity index is 1.54. The van der Waals surface area contributed by atoms with Gasteiger partial charge in [0.15, 0.2) is 11.6 Å². The number of rotatable bonds is 28. The molecule has 0 heterocycles. The number of ketones is 2. The minimum absolute atomic E-state index is 0.00873. The van der Waals surface area contributed by atoms with Gasteiger partial charge >= 0.3 is 0 Å². The Bertz CT molecular complexity index is 1690. The van der Waals surface area contributed by atoms with Gasteiger partial charge in [-0.2, -0.15) is 0 Å². The summed E-state index contributed by atoms with van der Waals surface area (Å²) in [7, 11) is 0. The van der Waals surface area contributed by atoms with Crippen LogP contribution >= 0.6 is 0 Å². The van der Waals surface area contributed by atoms with E-state index in [1.165, 1.54) is 122 Å². The van der Waals surface area contributed by atoms with Crippen molar-refractivity contribution in [3.63, 3.8) is 0 Å². The highest BCUT2D eigenvalue weighted by Crippen LogP contribution is 2.29. The smallest absolute Gasteiger partial charge is 0.190 e. The molecule has 1 aliphatic carbocycles. The molecular formula is C56H84O2. The molecule has 0 saturated heterocycles. The maximum Gasteiger partial charge on any atom is 0.190 e. The van der Waals surface area contributed by atoms with Crippen LogP contribution in [-0.2, 0) is 0 Å². The van der Waals surface area contributed by atoms with E-state index in [1.54, 1.807) is 19.1 Å². The van der Waals surface area contributed by atoms with Crippen LogP contribution in [0.25, 0.3) is 0 Å². The quantitative estimate of drug-likeness (QED) is 0.0793. The van der Waals surface area contributed by atoms with Crippen molar-refractivity contribution in [3.05, 3.63) is 128 Å². The molecule has 2 nitrogen and oxygen atoms in total. The summed E-state index contributed by atoms with van der Waals surface area (Å²) in [6, 6.07) is 7.20. The molecule has 1 aromatic carbocycles. The van der Waals surface area contributed by atoms with E-state index in [-0.39, 0.29) is 11.6 Å². The van der Waals surface area contributed by atoms with E-state index in [2.05, 4.69) is 112 Å². The van der Waals surface area contributed by atoms with E-state index >= 15 is 0 Å². The molecule has 0 N–H and O–H groups in total. The van der Waals surface area contributed by atoms with Gasteiger partial charge < -0.3 is 0 Å². The first-order chi connectivity index (χ1) is 27.7. The molecular weight excluding hydrogens is 705 g/mol. The Kier molecular flexibility index (Phi) is 25.2. The predicted octanol–water partition coefficient (Wildman–Crippen LogP) is 17.7. The Hall–Kier alpha value is -3.52. The van der Waals surface area contributed by atoms with E-state index in [0.717, 1.165) is 43.9 Å². The van der Waals surface area contributed by atoms with Crippen molar-refractivity contribution in [2.24, 2.45) is 11.8 Å². The van der Waals surface area contributed by atoms with E-state index in [4.69, 9.17) is 0 Å². The zero-order valence-electron chi connectivity index (χ0n) is 39.3. The molecule has 2 atom stereocenters. The van der Waals surface area contributed by atoms with Crippen molar-refractivity contribution < 1.29 is 9.59 Å². The molecule has 2 heteroatoms. The largest absolute Gasteiger partial charge is 0.289 e. The summed E-state index contributed by atoms with van der Waals surface area (Å²) in [5.41, 5.74) is 12.7. The average molecular weight is 789 g/mol. The van der Waals surface area contributed by atoms with E-state index in [9.17, 15) is 9.59 Å². The van der Waals surface area contributed by atoms with Crippen molar-refractivity contribution >= 4 is 11.6 Å². The van der Waals surface area contributed by atoms with E-state index in [1.807, 2.05) is 12.1 Å². The monoisotopic (exact) mass is 789 g/mol. The lowest BCUT2D eigenvalue weighted by Crippen LogP contribution is -2.20. The van der Waals surface area contributed by atoms with Gasteiger partial charge in [-0.25, -0.2) is 0 Å². The first-order valence-corrected chi connectivity index (χ1v) is 23.1. The second kappa shape index (κ2) is 28.8. The van der Waals surface area contributed by atoms with Crippen LogP contribution in [0.3, 0.4) is 0 Å². The van der Waals surface area contributed by atoms with Crippen LogP contribution in [0.2, 0.25) is 0 Å². The Morgan fingerprint density at radius 2 is 0.845 bits per heavy atom. The highest BCUT2D eigenvalue weighted by Gasteiger charge is 2.28. The third-order valence-electron chi connectivity index (χ3n) is 12.2. The molecule has 0 saturated carbocycles. The van der Waals surface area contributed by atoms with Crippen LogP contribution in [0.4, 0.5) is 0 Å². The maximum absolute atomic E-state index is 13.1. The molecule has 2 rings (SSSR count). The number of fused-ring (bicyclic) bond motifs is 1. The van der Waals surface area contributed by atoms with Gasteiger partial charge in [-0.1, -0.05) is 145 Å². The van der Waals surface area contributed by atoms with Gasteiger partial charge in [0.25, 0.3) is 0 Å². The minimum Gasteiger partial charge on any atom is -0.289 e. The summed E-state index contributed by atoms with van der Waals surface area (Å²) in [6.45, 7) is 24.6. The lowest BCUT2D eigenvalue weighted by molar-refractivity contribution is 0.0973. The normalized spacial score (nSPS) is 15.9. The van der Waals surface area contributed by atoms with Crippen LogP contribution in [0.15, 0.2) is 117 Å². The van der Waals surface area contributed by atoms with Gasteiger partial charge in [-0.05, 0) is 170 Å². The molecule has 0 fully saturated rings. The number of hydrogen-bond acceptors (Lipinski definition) is 2. The molecule has 2 unspecified atom stereocenters. The van der Waals surface area contributed by atoms with Crippen LogP contribution in [0.1, 0.15) is 219 Å². The topological polar surface area (TPSA) is 34.1 Å². The molecule has 58 heavy (non-hydrogen) atoms. The number of allylic oxidation sites excluding steroid dienone is 16. The first kappa shape index (κ1) is 50.6. The van der Waals surface area contributed by atoms with Crippen molar-refractivity contribution in [1.29, 1.82) is 0 Å². The number of Topliss-reactive ketones (excluding diaryl/α,β-unsaturated/α-hetero) is 2. The molecule has 1 aliphatic rings. The van der Waals surface area contributed by atoms with Crippen molar-refractivity contribution in [1.82, 2.24) is 0 Å². The molecule has 320 valence electrons. The number of carbonyl (C=O) groups excluding carboxylic acids is 2. The summed E-state index contributed by atoms with van der Waals surface area (Å²) in [4.78, 5) is 25.8. The molecule has 0 bridgehead atoms. The fourth-order valence-corrected chi connectivity index (χ4v) is 7.91. The SMILES string of the molecule is CC(C)=CCC/C(C)=C/CC/C(C)=C/CC/C(C)=C/CC/C(C)=C/CC/C(C)=C/CCC(C)CCCC(C)CCC/C(C)=C/CC1=C(C)C(=O)c2ccccc2C1=O.